The van der Waals surface area contributed by atoms with Crippen LogP contribution in [0, 0.1) is 0 Å². The van der Waals surface area contributed by atoms with Crippen molar-refractivity contribution in [3.8, 4) is 0 Å². The fraction of sp³-hybridized carbons (Fsp3) is 0.348. The fourth-order valence-electron chi connectivity index (χ4n) is 3.90. The number of carbonyl (C=O) groups excluding carboxylic acids is 1. The molecule has 29 heavy (non-hydrogen) atoms. The summed E-state index contributed by atoms with van der Waals surface area (Å²) >= 11 is 5.97. The van der Waals surface area contributed by atoms with Gasteiger partial charge in [-0.15, -0.1) is 0 Å². The number of benzene rings is 2. The molecule has 2 aromatic rings. The maximum atomic E-state index is 11.5. The number of anilines is 2. The minimum atomic E-state index is -0.507. The average Bonchev–Trinajstić information content (AvgIpc) is 2.73. The summed E-state index contributed by atoms with van der Waals surface area (Å²) in [5.74, 6) is 0.0763. The summed E-state index contributed by atoms with van der Waals surface area (Å²) in [4.78, 5) is 16.1. The van der Waals surface area contributed by atoms with E-state index in [1.165, 1.54) is 5.69 Å². The van der Waals surface area contributed by atoms with Gasteiger partial charge in [0.15, 0.2) is 0 Å². The Balaban J connectivity index is 1.27. The highest BCUT2D eigenvalue weighted by Crippen LogP contribution is 2.24. The van der Waals surface area contributed by atoms with Gasteiger partial charge in [-0.3, -0.25) is 9.69 Å². The van der Waals surface area contributed by atoms with Gasteiger partial charge >= 0.3 is 0 Å². The van der Waals surface area contributed by atoms with Crippen LogP contribution in [0.15, 0.2) is 48.5 Å². The third kappa shape index (κ3) is 5.18. The summed E-state index contributed by atoms with van der Waals surface area (Å²) < 4.78 is 0. The molecule has 2 heterocycles. The van der Waals surface area contributed by atoms with Crippen LogP contribution in [0.5, 0.6) is 0 Å². The van der Waals surface area contributed by atoms with E-state index in [1.54, 1.807) is 0 Å². The van der Waals surface area contributed by atoms with Crippen LogP contribution < -0.4 is 10.2 Å². The number of rotatable bonds is 5. The zero-order valence-corrected chi connectivity index (χ0v) is 17.1. The van der Waals surface area contributed by atoms with Crippen molar-refractivity contribution < 1.29 is 9.90 Å². The number of nitrogens with zero attached hydrogens (tertiary/aromatic N) is 2. The summed E-state index contributed by atoms with van der Waals surface area (Å²) in [6.07, 6.45) is 4.61. The average molecular weight is 412 g/mol. The molecule has 1 amide bonds. The number of aryl methyl sites for hydroxylation is 1. The lowest BCUT2D eigenvalue weighted by atomic mass is 10.00. The maximum absolute atomic E-state index is 11.5. The zero-order valence-electron chi connectivity index (χ0n) is 16.4. The number of halogens is 1. The molecule has 4 rings (SSSR count). The second-order valence-electron chi connectivity index (χ2n) is 7.66. The summed E-state index contributed by atoms with van der Waals surface area (Å²) in [5, 5.41) is 14.1. The number of hydrogen-bond acceptors (Lipinski definition) is 4. The molecule has 2 aliphatic heterocycles. The fourth-order valence-corrected chi connectivity index (χ4v) is 4.02. The minimum absolute atomic E-state index is 0.0763. The number of aliphatic hydroxyl groups excluding tert-OH is 1. The molecule has 6 heteroatoms. The monoisotopic (exact) mass is 411 g/mol. The summed E-state index contributed by atoms with van der Waals surface area (Å²) in [7, 11) is 0. The Morgan fingerprint density at radius 1 is 1.07 bits per heavy atom. The van der Waals surface area contributed by atoms with Crippen LogP contribution in [0.2, 0.25) is 5.02 Å². The Morgan fingerprint density at radius 2 is 1.83 bits per heavy atom. The van der Waals surface area contributed by atoms with E-state index in [-0.39, 0.29) is 5.91 Å². The van der Waals surface area contributed by atoms with Crippen LogP contribution in [-0.2, 0) is 11.2 Å². The third-order valence-corrected chi connectivity index (χ3v) is 5.80. The van der Waals surface area contributed by atoms with Crippen molar-refractivity contribution >= 4 is 35.0 Å². The second kappa shape index (κ2) is 8.99. The second-order valence-corrected chi connectivity index (χ2v) is 8.09. The highest BCUT2D eigenvalue weighted by Gasteiger charge is 2.19. The van der Waals surface area contributed by atoms with Crippen LogP contribution in [0.4, 0.5) is 11.4 Å². The lowest BCUT2D eigenvalue weighted by Crippen LogP contribution is -2.48. The molecule has 5 nitrogen and oxygen atoms in total. The molecule has 0 aromatic heterocycles. The van der Waals surface area contributed by atoms with Crippen LogP contribution in [0.3, 0.4) is 0 Å². The van der Waals surface area contributed by atoms with Crippen molar-refractivity contribution in [3.63, 3.8) is 0 Å². The number of amides is 1. The first-order valence-corrected chi connectivity index (χ1v) is 10.5. The molecule has 0 spiro atoms. The molecular formula is C23H26ClN3O2. The number of fused-ring (bicyclic) bond motifs is 1. The molecule has 1 fully saturated rings. The van der Waals surface area contributed by atoms with E-state index in [9.17, 15) is 9.90 Å². The van der Waals surface area contributed by atoms with Gasteiger partial charge in [-0.05, 0) is 53.9 Å². The summed E-state index contributed by atoms with van der Waals surface area (Å²) in [6, 6.07) is 14.0. The van der Waals surface area contributed by atoms with E-state index in [1.807, 2.05) is 36.4 Å². The Morgan fingerprint density at radius 3 is 2.59 bits per heavy atom. The van der Waals surface area contributed by atoms with E-state index in [2.05, 4.69) is 33.3 Å². The van der Waals surface area contributed by atoms with Gasteiger partial charge in [-0.2, -0.15) is 0 Å². The lowest BCUT2D eigenvalue weighted by molar-refractivity contribution is -0.116. The van der Waals surface area contributed by atoms with Crippen LogP contribution in [0.25, 0.3) is 6.08 Å². The number of carbonyl (C=O) groups is 1. The number of nitrogens with one attached hydrogen (secondary N) is 1. The predicted molar refractivity (Wildman–Crippen MR) is 119 cm³/mol. The topological polar surface area (TPSA) is 55.8 Å². The van der Waals surface area contributed by atoms with Crippen molar-refractivity contribution in [1.82, 2.24) is 4.90 Å². The number of β-amino-alcohol motifs (C(OH)–C–C–N with tert-alkyl or cyclic N) is 1. The molecule has 2 aromatic carbocycles. The third-order valence-electron chi connectivity index (χ3n) is 5.54. The van der Waals surface area contributed by atoms with Gasteiger partial charge in [0.25, 0.3) is 0 Å². The molecule has 2 N–H and O–H groups in total. The van der Waals surface area contributed by atoms with Crippen molar-refractivity contribution in [1.29, 1.82) is 0 Å². The predicted octanol–water partition coefficient (Wildman–Crippen LogP) is 3.42. The largest absolute Gasteiger partial charge is 0.388 e. The van der Waals surface area contributed by atoms with Gasteiger partial charge in [0, 0.05) is 55.5 Å². The molecule has 0 radical (unpaired) electrons. The smallest absolute Gasteiger partial charge is 0.224 e. The van der Waals surface area contributed by atoms with Gasteiger partial charge in [0.1, 0.15) is 0 Å². The number of piperazine rings is 1. The molecule has 1 unspecified atom stereocenters. The SMILES string of the molecule is O=C1CCc2cc(C=CC(O)CN3CCN(c4ccc(Cl)cc4)CC3)ccc2N1. The van der Waals surface area contributed by atoms with Crippen molar-refractivity contribution in [2.24, 2.45) is 0 Å². The Bertz CT molecular complexity index is 889. The molecule has 0 aliphatic carbocycles. The van der Waals surface area contributed by atoms with E-state index in [0.29, 0.717) is 13.0 Å². The Kier molecular flexibility index (Phi) is 6.19. The molecule has 0 bridgehead atoms. The van der Waals surface area contributed by atoms with Gasteiger partial charge < -0.3 is 15.3 Å². The Hall–Kier alpha value is -2.34. The van der Waals surface area contributed by atoms with Crippen molar-refractivity contribution in [3.05, 3.63) is 64.7 Å². The van der Waals surface area contributed by atoms with E-state index >= 15 is 0 Å². The highest BCUT2D eigenvalue weighted by molar-refractivity contribution is 6.30. The molecule has 2 aliphatic rings. The van der Waals surface area contributed by atoms with Crippen molar-refractivity contribution in [2.75, 3.05) is 42.9 Å². The zero-order chi connectivity index (χ0) is 20.2. The van der Waals surface area contributed by atoms with Gasteiger partial charge in [0.2, 0.25) is 5.91 Å². The van der Waals surface area contributed by atoms with Gasteiger partial charge in [-0.1, -0.05) is 29.8 Å². The quantitative estimate of drug-likeness (QED) is 0.791. The Labute approximate surface area is 176 Å². The van der Waals surface area contributed by atoms with E-state index < -0.39 is 6.10 Å². The summed E-state index contributed by atoms with van der Waals surface area (Å²) in [5.41, 5.74) is 4.29. The first-order chi connectivity index (χ1) is 14.1. The highest BCUT2D eigenvalue weighted by atomic mass is 35.5. The first kappa shape index (κ1) is 20.0. The number of hydrogen-bond donors (Lipinski definition) is 2. The maximum Gasteiger partial charge on any atom is 0.224 e. The van der Waals surface area contributed by atoms with Crippen LogP contribution in [-0.4, -0.2) is 54.7 Å². The summed E-state index contributed by atoms with van der Waals surface area (Å²) in [6.45, 7) is 4.35. The molecule has 152 valence electrons. The van der Waals surface area contributed by atoms with E-state index in [0.717, 1.165) is 54.4 Å². The molecular weight excluding hydrogens is 386 g/mol. The van der Waals surface area contributed by atoms with Crippen LogP contribution >= 0.6 is 11.6 Å². The molecule has 1 saturated heterocycles. The van der Waals surface area contributed by atoms with Gasteiger partial charge in [0.05, 0.1) is 6.10 Å². The lowest BCUT2D eigenvalue weighted by Gasteiger charge is -2.36. The van der Waals surface area contributed by atoms with Crippen molar-refractivity contribution in [2.45, 2.75) is 18.9 Å². The minimum Gasteiger partial charge on any atom is -0.388 e. The van der Waals surface area contributed by atoms with E-state index in [4.69, 9.17) is 11.6 Å². The number of aliphatic hydroxyl groups is 1. The molecule has 0 saturated carbocycles. The molecule has 1 atom stereocenters. The normalized spacial score (nSPS) is 18.6. The standard InChI is InChI=1S/C23H26ClN3O2/c24-19-4-6-20(7-5-19)27-13-11-26(12-14-27)16-21(28)8-1-17-2-9-22-18(15-17)3-10-23(29)25-22/h1-2,4-9,15,21,28H,3,10-14,16H2,(H,25,29). The van der Waals surface area contributed by atoms with Gasteiger partial charge in [-0.25, -0.2) is 0 Å². The first-order valence-electron chi connectivity index (χ1n) is 10.1. The van der Waals surface area contributed by atoms with Crippen LogP contribution in [0.1, 0.15) is 17.5 Å².